The van der Waals surface area contributed by atoms with E-state index in [1.54, 1.807) is 19.2 Å². The smallest absolute Gasteiger partial charge is 0.179 e. The number of amidine groups is 1. The van der Waals surface area contributed by atoms with Gasteiger partial charge in [0.25, 0.3) is 0 Å². The Hall–Kier alpha value is -1.46. The molecule has 18 heavy (non-hydrogen) atoms. The van der Waals surface area contributed by atoms with E-state index in [1.807, 2.05) is 0 Å². The highest BCUT2D eigenvalue weighted by atomic mass is 35.5. The Bertz CT molecular complexity index is 436. The van der Waals surface area contributed by atoms with Crippen LogP contribution in [-0.4, -0.2) is 40.3 Å². The molecule has 0 aliphatic carbocycles. The summed E-state index contributed by atoms with van der Waals surface area (Å²) in [5.74, 6) is 1.38. The lowest BCUT2D eigenvalue weighted by atomic mass is 10.2. The minimum absolute atomic E-state index is 0.384. The van der Waals surface area contributed by atoms with Gasteiger partial charge in [-0.25, -0.2) is 0 Å². The number of aliphatic imine (C=N–C) groups is 1. The number of methoxy groups -OCH3 is 3. The van der Waals surface area contributed by atoms with E-state index in [-0.39, 0.29) is 0 Å². The van der Waals surface area contributed by atoms with E-state index >= 15 is 0 Å². The average molecular weight is 273 g/mol. The van der Waals surface area contributed by atoms with Gasteiger partial charge in [0.15, 0.2) is 11.5 Å². The van der Waals surface area contributed by atoms with Crippen molar-refractivity contribution >= 4 is 17.4 Å². The van der Waals surface area contributed by atoms with Crippen molar-refractivity contribution < 1.29 is 14.2 Å². The summed E-state index contributed by atoms with van der Waals surface area (Å²) in [4.78, 5) is 4.17. The maximum absolute atomic E-state index is 6.08. The Balaban J connectivity index is 3.03. The Morgan fingerprint density at radius 3 is 2.56 bits per heavy atom. The van der Waals surface area contributed by atoms with E-state index in [9.17, 15) is 0 Å². The summed E-state index contributed by atoms with van der Waals surface area (Å²) >= 11 is 6.08. The van der Waals surface area contributed by atoms with Crippen LogP contribution in [0.1, 0.15) is 5.56 Å². The van der Waals surface area contributed by atoms with Crippen molar-refractivity contribution in [1.82, 2.24) is 0 Å². The number of halogens is 1. The third-order valence-corrected chi connectivity index (χ3v) is 2.59. The van der Waals surface area contributed by atoms with Crippen LogP contribution >= 0.6 is 11.6 Å². The lowest BCUT2D eigenvalue weighted by Gasteiger charge is -2.11. The van der Waals surface area contributed by atoms with Crippen molar-refractivity contribution in [2.45, 2.75) is 0 Å². The van der Waals surface area contributed by atoms with Gasteiger partial charge in [0.2, 0.25) is 0 Å². The Morgan fingerprint density at radius 2 is 2.00 bits per heavy atom. The minimum Gasteiger partial charge on any atom is -0.493 e. The molecule has 0 saturated carbocycles. The highest BCUT2D eigenvalue weighted by molar-refractivity contribution is 6.32. The molecular weight excluding hydrogens is 256 g/mol. The van der Waals surface area contributed by atoms with Crippen LogP contribution < -0.4 is 15.2 Å². The van der Waals surface area contributed by atoms with Gasteiger partial charge in [0, 0.05) is 12.7 Å². The SMILES string of the molecule is COCCN=C(N)c1cc(Cl)c(OC)c(OC)c1. The molecule has 0 amide bonds. The van der Waals surface area contributed by atoms with E-state index in [1.165, 1.54) is 14.2 Å². The molecule has 0 radical (unpaired) electrons. The zero-order valence-corrected chi connectivity index (χ0v) is 11.5. The fourth-order valence-electron chi connectivity index (χ4n) is 1.41. The second-order valence-corrected chi connectivity index (χ2v) is 3.86. The first-order valence-electron chi connectivity index (χ1n) is 5.34. The third-order valence-electron chi connectivity index (χ3n) is 2.31. The van der Waals surface area contributed by atoms with E-state index in [0.717, 1.165) is 0 Å². The van der Waals surface area contributed by atoms with Gasteiger partial charge in [-0.1, -0.05) is 11.6 Å². The van der Waals surface area contributed by atoms with E-state index in [4.69, 9.17) is 31.5 Å². The summed E-state index contributed by atoms with van der Waals surface area (Å²) in [7, 11) is 4.68. The topological polar surface area (TPSA) is 66.1 Å². The van der Waals surface area contributed by atoms with Crippen LogP contribution in [-0.2, 0) is 4.74 Å². The molecule has 0 aliphatic rings. The van der Waals surface area contributed by atoms with Crippen molar-refractivity contribution in [2.75, 3.05) is 34.5 Å². The lowest BCUT2D eigenvalue weighted by Crippen LogP contribution is -2.15. The number of benzene rings is 1. The van der Waals surface area contributed by atoms with Gasteiger partial charge in [0.05, 0.1) is 32.4 Å². The van der Waals surface area contributed by atoms with Crippen LogP contribution in [0.4, 0.5) is 0 Å². The molecule has 100 valence electrons. The summed E-state index contributed by atoms with van der Waals surface area (Å²) in [6.45, 7) is 1.01. The summed E-state index contributed by atoms with van der Waals surface area (Å²) in [5, 5.41) is 0.428. The van der Waals surface area contributed by atoms with Crippen LogP contribution in [0.2, 0.25) is 5.02 Å². The lowest BCUT2D eigenvalue weighted by molar-refractivity contribution is 0.208. The molecule has 0 atom stereocenters. The predicted molar refractivity (Wildman–Crippen MR) is 72.0 cm³/mol. The molecule has 1 rings (SSSR count). The fourth-order valence-corrected chi connectivity index (χ4v) is 1.70. The third kappa shape index (κ3) is 3.51. The predicted octanol–water partition coefficient (Wildman–Crippen LogP) is 1.71. The molecule has 1 aromatic rings. The molecule has 0 saturated heterocycles. The molecule has 0 heterocycles. The summed E-state index contributed by atoms with van der Waals surface area (Å²) in [5.41, 5.74) is 6.55. The van der Waals surface area contributed by atoms with Gasteiger partial charge in [0.1, 0.15) is 5.84 Å². The fraction of sp³-hybridized carbons (Fsp3) is 0.417. The normalized spacial score (nSPS) is 11.4. The van der Waals surface area contributed by atoms with Crippen molar-refractivity contribution in [1.29, 1.82) is 0 Å². The van der Waals surface area contributed by atoms with E-state index in [2.05, 4.69) is 4.99 Å². The monoisotopic (exact) mass is 272 g/mol. The second kappa shape index (κ2) is 7.08. The van der Waals surface area contributed by atoms with E-state index < -0.39 is 0 Å². The zero-order valence-electron chi connectivity index (χ0n) is 10.7. The maximum Gasteiger partial charge on any atom is 0.179 e. The molecule has 2 N–H and O–H groups in total. The quantitative estimate of drug-likeness (QED) is 0.486. The van der Waals surface area contributed by atoms with Crippen molar-refractivity contribution in [3.63, 3.8) is 0 Å². The number of nitrogens with zero attached hydrogens (tertiary/aromatic N) is 1. The molecule has 0 aromatic heterocycles. The molecule has 0 unspecified atom stereocenters. The number of nitrogens with two attached hydrogens (primary N) is 1. The van der Waals surface area contributed by atoms with Crippen molar-refractivity contribution in [3.8, 4) is 11.5 Å². The minimum atomic E-state index is 0.384. The van der Waals surface area contributed by atoms with Gasteiger partial charge in [-0.05, 0) is 12.1 Å². The number of rotatable bonds is 6. The van der Waals surface area contributed by atoms with Crippen molar-refractivity contribution in [2.24, 2.45) is 10.7 Å². The number of hydrogen-bond donors (Lipinski definition) is 1. The molecule has 0 fully saturated rings. The average Bonchev–Trinajstić information content (AvgIpc) is 2.37. The highest BCUT2D eigenvalue weighted by Crippen LogP contribution is 2.35. The van der Waals surface area contributed by atoms with Crippen LogP contribution in [0, 0.1) is 0 Å². The van der Waals surface area contributed by atoms with Crippen molar-refractivity contribution in [3.05, 3.63) is 22.7 Å². The van der Waals surface area contributed by atoms with Crippen LogP contribution in [0.15, 0.2) is 17.1 Å². The summed E-state index contributed by atoms with van der Waals surface area (Å²) in [6, 6.07) is 3.42. The van der Waals surface area contributed by atoms with Crippen LogP contribution in [0.3, 0.4) is 0 Å². The van der Waals surface area contributed by atoms with Gasteiger partial charge >= 0.3 is 0 Å². The first kappa shape index (κ1) is 14.6. The summed E-state index contributed by atoms with van der Waals surface area (Å²) in [6.07, 6.45) is 0. The highest BCUT2D eigenvalue weighted by Gasteiger charge is 2.12. The Kier molecular flexibility index (Phi) is 5.74. The molecule has 0 spiro atoms. The molecular formula is C12H17ClN2O3. The Morgan fingerprint density at radius 1 is 1.28 bits per heavy atom. The van der Waals surface area contributed by atoms with Crippen LogP contribution in [0.5, 0.6) is 11.5 Å². The number of ether oxygens (including phenoxy) is 3. The second-order valence-electron chi connectivity index (χ2n) is 3.45. The first-order valence-corrected chi connectivity index (χ1v) is 5.72. The molecule has 1 aromatic carbocycles. The maximum atomic E-state index is 6.08. The number of hydrogen-bond acceptors (Lipinski definition) is 4. The molecule has 0 bridgehead atoms. The molecule has 5 nitrogen and oxygen atoms in total. The largest absolute Gasteiger partial charge is 0.493 e. The van der Waals surface area contributed by atoms with Gasteiger partial charge in [-0.15, -0.1) is 0 Å². The zero-order chi connectivity index (χ0) is 13.5. The molecule has 6 heteroatoms. The van der Waals surface area contributed by atoms with Crippen LogP contribution in [0.25, 0.3) is 0 Å². The summed E-state index contributed by atoms with van der Waals surface area (Å²) < 4.78 is 15.2. The van der Waals surface area contributed by atoms with Gasteiger partial charge in [-0.2, -0.15) is 0 Å². The first-order chi connectivity index (χ1) is 8.63. The van der Waals surface area contributed by atoms with Gasteiger partial charge in [-0.3, -0.25) is 4.99 Å². The van der Waals surface area contributed by atoms with E-state index in [0.29, 0.717) is 41.1 Å². The van der Waals surface area contributed by atoms with Gasteiger partial charge < -0.3 is 19.9 Å². The molecule has 0 aliphatic heterocycles. The Labute approximate surface area is 112 Å². The standard InChI is InChI=1S/C12H17ClN2O3/c1-16-5-4-15-12(14)8-6-9(13)11(18-3)10(7-8)17-2/h6-7H,4-5H2,1-3H3,(H2,14,15).